The van der Waals surface area contributed by atoms with E-state index in [0.717, 1.165) is 12.1 Å². The Balaban J connectivity index is 2.37. The van der Waals surface area contributed by atoms with Crippen molar-refractivity contribution in [3.8, 4) is 0 Å². The van der Waals surface area contributed by atoms with Crippen LogP contribution in [0.2, 0.25) is 0 Å². The molecule has 2 aromatic rings. The highest BCUT2D eigenvalue weighted by Gasteiger charge is 2.36. The lowest BCUT2D eigenvalue weighted by molar-refractivity contribution is -0.141. The van der Waals surface area contributed by atoms with E-state index >= 15 is 0 Å². The van der Waals surface area contributed by atoms with Crippen LogP contribution >= 0.6 is 0 Å². The summed E-state index contributed by atoms with van der Waals surface area (Å²) in [6.45, 7) is 0.869. The summed E-state index contributed by atoms with van der Waals surface area (Å²) in [4.78, 5) is 8.94. The zero-order valence-corrected chi connectivity index (χ0v) is 15.4. The zero-order chi connectivity index (χ0) is 21.8. The molecule has 29 heavy (non-hydrogen) atoms. The fraction of sp³-hybridized carbons (Fsp3) is 0.412. The summed E-state index contributed by atoms with van der Waals surface area (Å²) in [6, 6.07) is 2.63. The van der Waals surface area contributed by atoms with Crippen molar-refractivity contribution in [2.75, 3.05) is 37.8 Å². The third-order valence-corrected chi connectivity index (χ3v) is 3.65. The summed E-state index contributed by atoms with van der Waals surface area (Å²) in [7, 11) is 3.63. The molecule has 1 aromatic carbocycles. The number of benzene rings is 1. The van der Waals surface area contributed by atoms with Gasteiger partial charge in [0.1, 0.15) is 11.6 Å². The molecule has 0 saturated heterocycles. The predicted molar refractivity (Wildman–Crippen MR) is 93.4 cm³/mol. The molecule has 2 N–H and O–H groups in total. The molecule has 5 nitrogen and oxygen atoms in total. The van der Waals surface area contributed by atoms with E-state index in [1.165, 1.54) is 0 Å². The van der Waals surface area contributed by atoms with Crippen molar-refractivity contribution in [3.05, 3.63) is 41.3 Å². The Morgan fingerprint density at radius 3 is 2.28 bits per heavy atom. The predicted octanol–water partition coefficient (Wildman–Crippen LogP) is 4.76. The molecule has 2 rings (SSSR count). The van der Waals surface area contributed by atoms with Gasteiger partial charge in [0.25, 0.3) is 0 Å². The molecule has 0 amide bonds. The molecule has 0 atom stereocenters. The standard InChI is InChI=1S/C17H18F7N5/c1-29(2)8-4-7-25-15-26-12(17(22,23)24)9-13(28-15)27-14-10(16(19,20)21)5-3-6-11(14)18/h3,5-6,9H,4,7-8H2,1-2H3,(H2,25,26,27,28). The number of anilines is 3. The average molecular weight is 425 g/mol. The number of halogens is 7. The summed E-state index contributed by atoms with van der Waals surface area (Å²) in [5, 5.41) is 4.61. The number of nitrogens with one attached hydrogen (secondary N) is 2. The van der Waals surface area contributed by atoms with Crippen LogP contribution in [0.25, 0.3) is 0 Å². The lowest BCUT2D eigenvalue weighted by atomic mass is 10.1. The summed E-state index contributed by atoms with van der Waals surface area (Å²) < 4.78 is 92.7. The van der Waals surface area contributed by atoms with Crippen molar-refractivity contribution >= 4 is 17.5 Å². The summed E-state index contributed by atoms with van der Waals surface area (Å²) in [5.74, 6) is -2.35. The first-order valence-electron chi connectivity index (χ1n) is 8.35. The van der Waals surface area contributed by atoms with Gasteiger partial charge in [-0.15, -0.1) is 0 Å². The molecule has 12 heteroatoms. The molecule has 0 radical (unpaired) electrons. The molecular formula is C17H18F7N5. The van der Waals surface area contributed by atoms with Crippen LogP contribution in [-0.4, -0.2) is 42.1 Å². The van der Waals surface area contributed by atoms with Crippen molar-refractivity contribution in [1.82, 2.24) is 14.9 Å². The fourth-order valence-electron chi connectivity index (χ4n) is 2.35. The molecule has 0 unspecified atom stereocenters. The van der Waals surface area contributed by atoms with E-state index in [1.54, 1.807) is 0 Å². The van der Waals surface area contributed by atoms with Gasteiger partial charge in [-0.25, -0.2) is 9.37 Å². The topological polar surface area (TPSA) is 53.1 Å². The van der Waals surface area contributed by atoms with E-state index in [4.69, 9.17) is 0 Å². The summed E-state index contributed by atoms with van der Waals surface area (Å²) in [6.07, 6.45) is -9.24. The second kappa shape index (κ2) is 8.80. The normalized spacial score (nSPS) is 12.3. The van der Waals surface area contributed by atoms with Gasteiger partial charge >= 0.3 is 12.4 Å². The zero-order valence-electron chi connectivity index (χ0n) is 15.4. The van der Waals surface area contributed by atoms with E-state index in [-0.39, 0.29) is 6.54 Å². The largest absolute Gasteiger partial charge is 0.433 e. The smallest absolute Gasteiger partial charge is 0.354 e. The minimum absolute atomic E-state index is 0.229. The minimum Gasteiger partial charge on any atom is -0.354 e. The molecule has 1 aromatic heterocycles. The highest BCUT2D eigenvalue weighted by Crippen LogP contribution is 2.38. The van der Waals surface area contributed by atoms with Crippen LogP contribution in [0.5, 0.6) is 0 Å². The van der Waals surface area contributed by atoms with Crippen LogP contribution < -0.4 is 10.6 Å². The van der Waals surface area contributed by atoms with Crippen molar-refractivity contribution in [1.29, 1.82) is 0 Å². The van der Waals surface area contributed by atoms with Crippen LogP contribution in [0.4, 0.5) is 48.2 Å². The number of para-hydroxylation sites is 1. The Morgan fingerprint density at radius 1 is 1.00 bits per heavy atom. The van der Waals surface area contributed by atoms with Crippen LogP contribution in [0, 0.1) is 5.82 Å². The Bertz CT molecular complexity index is 834. The quantitative estimate of drug-likeness (QED) is 0.495. The van der Waals surface area contributed by atoms with E-state index in [1.807, 2.05) is 24.3 Å². The van der Waals surface area contributed by atoms with Gasteiger partial charge < -0.3 is 15.5 Å². The molecule has 0 spiro atoms. The first-order valence-corrected chi connectivity index (χ1v) is 8.35. The number of hydrogen-bond donors (Lipinski definition) is 2. The lowest BCUT2D eigenvalue weighted by Crippen LogP contribution is -2.18. The Labute approximate surface area is 162 Å². The third kappa shape index (κ3) is 6.44. The lowest BCUT2D eigenvalue weighted by Gasteiger charge is -2.17. The van der Waals surface area contributed by atoms with Gasteiger partial charge in [-0.05, 0) is 39.2 Å². The first kappa shape index (κ1) is 22.7. The Hall–Kier alpha value is -2.63. The van der Waals surface area contributed by atoms with Gasteiger partial charge in [-0.1, -0.05) is 6.07 Å². The maximum absolute atomic E-state index is 14.0. The number of hydrogen-bond acceptors (Lipinski definition) is 5. The van der Waals surface area contributed by atoms with Gasteiger partial charge in [0.15, 0.2) is 5.69 Å². The molecule has 160 valence electrons. The number of nitrogens with zero attached hydrogens (tertiary/aromatic N) is 3. The van der Waals surface area contributed by atoms with Crippen LogP contribution in [0.3, 0.4) is 0 Å². The molecule has 0 aliphatic carbocycles. The highest BCUT2D eigenvalue weighted by atomic mass is 19.4. The van der Waals surface area contributed by atoms with Gasteiger partial charge in [-0.3, -0.25) is 0 Å². The van der Waals surface area contributed by atoms with E-state index in [9.17, 15) is 30.7 Å². The fourth-order valence-corrected chi connectivity index (χ4v) is 2.35. The van der Waals surface area contributed by atoms with E-state index < -0.39 is 46.9 Å². The highest BCUT2D eigenvalue weighted by molar-refractivity contribution is 5.63. The number of alkyl halides is 6. The van der Waals surface area contributed by atoms with Crippen LogP contribution in [0.1, 0.15) is 17.7 Å². The summed E-state index contributed by atoms with van der Waals surface area (Å²) in [5.41, 5.74) is -3.77. The van der Waals surface area contributed by atoms with Gasteiger partial charge in [0.2, 0.25) is 5.95 Å². The number of rotatable bonds is 7. The Morgan fingerprint density at radius 2 is 1.69 bits per heavy atom. The molecular weight excluding hydrogens is 407 g/mol. The van der Waals surface area contributed by atoms with Crippen molar-refractivity contribution in [2.24, 2.45) is 0 Å². The van der Waals surface area contributed by atoms with Crippen LogP contribution in [0.15, 0.2) is 24.3 Å². The van der Waals surface area contributed by atoms with Crippen LogP contribution in [-0.2, 0) is 12.4 Å². The minimum atomic E-state index is -4.92. The third-order valence-electron chi connectivity index (χ3n) is 3.65. The Kier molecular flexibility index (Phi) is 6.88. The van der Waals surface area contributed by atoms with Gasteiger partial charge in [0, 0.05) is 12.6 Å². The molecule has 0 fully saturated rings. The van der Waals surface area contributed by atoms with Crippen molar-refractivity contribution in [2.45, 2.75) is 18.8 Å². The molecule has 0 bridgehead atoms. The second-order valence-electron chi connectivity index (χ2n) is 6.33. The molecule has 1 heterocycles. The maximum Gasteiger partial charge on any atom is 0.433 e. The molecule has 0 aliphatic heterocycles. The van der Waals surface area contributed by atoms with Gasteiger partial charge in [-0.2, -0.15) is 31.3 Å². The van der Waals surface area contributed by atoms with E-state index in [0.29, 0.717) is 25.1 Å². The van der Waals surface area contributed by atoms with Gasteiger partial charge in [0.05, 0.1) is 11.3 Å². The van der Waals surface area contributed by atoms with Crippen molar-refractivity contribution in [3.63, 3.8) is 0 Å². The first-order chi connectivity index (χ1) is 13.4. The molecule has 0 aliphatic rings. The number of aromatic nitrogens is 2. The SMILES string of the molecule is CN(C)CCCNc1nc(Nc2c(F)cccc2C(F)(F)F)cc(C(F)(F)F)n1. The van der Waals surface area contributed by atoms with E-state index in [2.05, 4.69) is 15.3 Å². The average Bonchev–Trinajstić information content (AvgIpc) is 2.58. The second-order valence-corrected chi connectivity index (χ2v) is 6.33. The molecule has 0 saturated carbocycles. The van der Waals surface area contributed by atoms with Crippen molar-refractivity contribution < 1.29 is 30.7 Å². The maximum atomic E-state index is 14.0. The monoisotopic (exact) mass is 425 g/mol. The summed E-state index contributed by atoms with van der Waals surface area (Å²) >= 11 is 0.